The molecule has 0 aromatic rings. The lowest BCUT2D eigenvalue weighted by Crippen LogP contribution is -2.57. The minimum absolute atomic E-state index is 0.0280. The lowest BCUT2D eigenvalue weighted by molar-refractivity contribution is -0.151. The van der Waals surface area contributed by atoms with Crippen LogP contribution in [0.1, 0.15) is 46.0 Å². The largest absolute Gasteiger partial charge is 0.459 e. The van der Waals surface area contributed by atoms with Crippen LogP contribution in [-0.4, -0.2) is 46.7 Å². The van der Waals surface area contributed by atoms with Crippen molar-refractivity contribution >= 4 is 5.97 Å². The summed E-state index contributed by atoms with van der Waals surface area (Å²) in [6, 6.07) is 0. The number of fused-ring (bicyclic) bond motifs is 1. The molecule has 3 N–H and O–H groups in total. The molecule has 3 rings (SSSR count). The number of rotatable bonds is 3. The molecule has 2 saturated carbocycles. The molecule has 0 amide bonds. The van der Waals surface area contributed by atoms with Gasteiger partial charge in [-0.05, 0) is 49.4 Å². The molecular formula is C20H30O5. The van der Waals surface area contributed by atoms with Crippen molar-refractivity contribution in [1.29, 1.82) is 0 Å². The molecule has 0 aromatic carbocycles. The van der Waals surface area contributed by atoms with Crippen LogP contribution in [0.15, 0.2) is 23.8 Å². The molecule has 5 nitrogen and oxygen atoms in total. The summed E-state index contributed by atoms with van der Waals surface area (Å²) >= 11 is 0. The summed E-state index contributed by atoms with van der Waals surface area (Å²) in [5.74, 6) is -0.0734. The first-order chi connectivity index (χ1) is 11.7. The maximum atomic E-state index is 11.8. The smallest absolute Gasteiger partial charge is 0.336 e. The molecule has 0 radical (unpaired) electrons. The highest BCUT2D eigenvalue weighted by atomic mass is 16.6. The minimum Gasteiger partial charge on any atom is -0.459 e. The molecule has 1 heterocycles. The van der Waals surface area contributed by atoms with Gasteiger partial charge in [-0.3, -0.25) is 0 Å². The SMILES string of the molecule is C=C1CC[C@H]2[C@](C)(CO)[C@H](O)CC[C@@]2(C)[C@@H]1C/C=C1/C(=O)OC[C@@H]1O. The molecule has 1 saturated heterocycles. The Labute approximate surface area is 149 Å². The third kappa shape index (κ3) is 2.86. The van der Waals surface area contributed by atoms with E-state index in [0.717, 1.165) is 24.8 Å². The van der Waals surface area contributed by atoms with Gasteiger partial charge in [-0.15, -0.1) is 0 Å². The summed E-state index contributed by atoms with van der Waals surface area (Å²) in [5, 5.41) is 30.4. The Kier molecular flexibility index (Phi) is 4.86. The molecule has 0 bridgehead atoms. The number of aliphatic hydroxyl groups is 3. The van der Waals surface area contributed by atoms with Gasteiger partial charge in [-0.2, -0.15) is 0 Å². The molecule has 3 fully saturated rings. The van der Waals surface area contributed by atoms with Crippen LogP contribution < -0.4 is 0 Å². The topological polar surface area (TPSA) is 87.0 Å². The first-order valence-electron chi connectivity index (χ1n) is 9.26. The fraction of sp³-hybridized carbons (Fsp3) is 0.750. The monoisotopic (exact) mass is 350 g/mol. The Bertz CT molecular complexity index is 597. The van der Waals surface area contributed by atoms with Gasteiger partial charge in [0.25, 0.3) is 0 Å². The molecule has 1 aliphatic heterocycles. The van der Waals surface area contributed by atoms with Gasteiger partial charge in [0.15, 0.2) is 0 Å². The number of hydrogen-bond donors (Lipinski definition) is 3. The zero-order chi connectivity index (χ0) is 18.4. The molecule has 0 aromatic heterocycles. The number of carbonyl (C=O) groups excluding carboxylic acids is 1. The van der Waals surface area contributed by atoms with Crippen molar-refractivity contribution in [3.63, 3.8) is 0 Å². The van der Waals surface area contributed by atoms with Crippen molar-refractivity contribution in [1.82, 2.24) is 0 Å². The highest BCUT2D eigenvalue weighted by molar-refractivity contribution is 5.91. The highest BCUT2D eigenvalue weighted by Gasteiger charge is 2.57. The number of allylic oxidation sites excluding steroid dienone is 2. The molecule has 2 aliphatic carbocycles. The van der Waals surface area contributed by atoms with Crippen LogP contribution in [0, 0.1) is 22.7 Å². The van der Waals surface area contributed by atoms with Crippen LogP contribution >= 0.6 is 0 Å². The predicted octanol–water partition coefficient (Wildman–Crippen LogP) is 1.96. The van der Waals surface area contributed by atoms with E-state index in [1.807, 2.05) is 13.0 Å². The molecule has 3 aliphatic rings. The van der Waals surface area contributed by atoms with E-state index in [0.29, 0.717) is 18.4 Å². The zero-order valence-electron chi connectivity index (χ0n) is 15.2. The summed E-state index contributed by atoms with van der Waals surface area (Å²) < 4.78 is 4.90. The van der Waals surface area contributed by atoms with Crippen molar-refractivity contribution in [2.24, 2.45) is 22.7 Å². The summed E-state index contributed by atoms with van der Waals surface area (Å²) in [5.41, 5.74) is 0.911. The van der Waals surface area contributed by atoms with Gasteiger partial charge in [0.1, 0.15) is 12.7 Å². The van der Waals surface area contributed by atoms with Crippen molar-refractivity contribution in [3.05, 3.63) is 23.8 Å². The van der Waals surface area contributed by atoms with Gasteiger partial charge < -0.3 is 20.1 Å². The quantitative estimate of drug-likeness (QED) is 0.411. The lowest BCUT2D eigenvalue weighted by Gasteiger charge is -2.59. The molecule has 0 unspecified atom stereocenters. The highest BCUT2D eigenvalue weighted by Crippen LogP contribution is 2.61. The first kappa shape index (κ1) is 18.6. The second-order valence-electron chi connectivity index (χ2n) is 8.54. The Balaban J connectivity index is 1.89. The molecule has 5 heteroatoms. The molecule has 140 valence electrons. The number of carbonyl (C=O) groups is 1. The van der Waals surface area contributed by atoms with E-state index < -0.39 is 23.6 Å². The Morgan fingerprint density at radius 1 is 1.32 bits per heavy atom. The molecule has 6 atom stereocenters. The van der Waals surface area contributed by atoms with Crippen molar-refractivity contribution in [3.8, 4) is 0 Å². The van der Waals surface area contributed by atoms with Crippen molar-refractivity contribution < 1.29 is 24.9 Å². The maximum absolute atomic E-state index is 11.8. The standard InChI is InChI=1S/C20H30O5/c1-12-4-7-16-19(2,9-8-17(23)20(16,3)11-21)14(12)6-5-13-15(22)10-25-18(13)24/h5,14-17,21-23H,1,4,6-11H2,2-3H3/b13-5+/t14-,15+,16-,17-,19+,20+/m1/s1. The van der Waals surface area contributed by atoms with Crippen LogP contribution in [0.4, 0.5) is 0 Å². The average Bonchev–Trinajstić information content (AvgIpc) is 2.89. The maximum Gasteiger partial charge on any atom is 0.336 e. The Morgan fingerprint density at radius 3 is 2.64 bits per heavy atom. The summed E-state index contributed by atoms with van der Waals surface area (Å²) in [7, 11) is 0. The fourth-order valence-electron chi connectivity index (χ4n) is 5.56. The van der Waals surface area contributed by atoms with Crippen molar-refractivity contribution in [2.75, 3.05) is 13.2 Å². The Morgan fingerprint density at radius 2 is 2.04 bits per heavy atom. The van der Waals surface area contributed by atoms with E-state index in [9.17, 15) is 20.1 Å². The Hall–Kier alpha value is -1.17. The van der Waals surface area contributed by atoms with Gasteiger partial charge >= 0.3 is 5.97 Å². The van der Waals surface area contributed by atoms with E-state index in [1.165, 1.54) is 0 Å². The van der Waals surface area contributed by atoms with Gasteiger partial charge in [0.05, 0.1) is 18.3 Å². The molecule has 0 spiro atoms. The fourth-order valence-corrected chi connectivity index (χ4v) is 5.56. The van der Waals surface area contributed by atoms with Gasteiger partial charge in [-0.1, -0.05) is 32.1 Å². The van der Waals surface area contributed by atoms with Crippen LogP contribution in [-0.2, 0) is 9.53 Å². The number of esters is 1. The zero-order valence-corrected chi connectivity index (χ0v) is 15.2. The summed E-state index contributed by atoms with van der Waals surface area (Å²) in [6.07, 6.45) is 4.42. The summed E-state index contributed by atoms with van der Waals surface area (Å²) in [6.45, 7) is 8.50. The van der Waals surface area contributed by atoms with E-state index in [2.05, 4.69) is 13.5 Å². The van der Waals surface area contributed by atoms with Crippen LogP contribution in [0.3, 0.4) is 0 Å². The lowest BCUT2D eigenvalue weighted by atomic mass is 9.46. The number of ether oxygens (including phenoxy) is 1. The van der Waals surface area contributed by atoms with Crippen LogP contribution in [0.2, 0.25) is 0 Å². The van der Waals surface area contributed by atoms with Crippen LogP contribution in [0.5, 0.6) is 0 Å². The minimum atomic E-state index is -0.844. The predicted molar refractivity (Wildman–Crippen MR) is 93.6 cm³/mol. The third-order valence-corrected chi connectivity index (χ3v) is 7.23. The second kappa shape index (κ2) is 6.53. The van der Waals surface area contributed by atoms with Gasteiger partial charge in [0, 0.05) is 5.41 Å². The van der Waals surface area contributed by atoms with E-state index >= 15 is 0 Å². The van der Waals surface area contributed by atoms with Gasteiger partial charge in [0.2, 0.25) is 0 Å². The van der Waals surface area contributed by atoms with Crippen molar-refractivity contribution in [2.45, 2.75) is 58.2 Å². The van der Waals surface area contributed by atoms with E-state index in [-0.39, 0.29) is 30.5 Å². The summed E-state index contributed by atoms with van der Waals surface area (Å²) in [4.78, 5) is 11.8. The number of hydrogen-bond acceptors (Lipinski definition) is 5. The van der Waals surface area contributed by atoms with E-state index in [4.69, 9.17) is 4.74 Å². The third-order valence-electron chi connectivity index (χ3n) is 7.23. The van der Waals surface area contributed by atoms with E-state index in [1.54, 1.807) is 0 Å². The van der Waals surface area contributed by atoms with Gasteiger partial charge in [-0.25, -0.2) is 4.79 Å². The molecule has 25 heavy (non-hydrogen) atoms. The average molecular weight is 350 g/mol. The van der Waals surface area contributed by atoms with Crippen LogP contribution in [0.25, 0.3) is 0 Å². The number of cyclic esters (lactones) is 1. The molecular weight excluding hydrogens is 320 g/mol. The first-order valence-corrected chi connectivity index (χ1v) is 9.26. The second-order valence-corrected chi connectivity index (χ2v) is 8.54. The number of aliphatic hydroxyl groups excluding tert-OH is 3. The normalized spacial score (nSPS) is 46.2.